The monoisotopic (exact) mass is 403 g/mol. The lowest BCUT2D eigenvalue weighted by atomic mass is 9.73. The highest BCUT2D eigenvalue weighted by Crippen LogP contribution is 2.61. The summed E-state index contributed by atoms with van der Waals surface area (Å²) in [6.07, 6.45) is 7.35. The average Bonchev–Trinajstić information content (AvgIpc) is 3.09. The molecule has 0 bridgehead atoms. The number of nitrogens with one attached hydrogen (secondary N) is 1. The highest BCUT2D eigenvalue weighted by molar-refractivity contribution is 7.13. The molecule has 2 aliphatic carbocycles. The van der Waals surface area contributed by atoms with Gasteiger partial charge >= 0.3 is 0 Å². The molecule has 28 heavy (non-hydrogen) atoms. The summed E-state index contributed by atoms with van der Waals surface area (Å²) in [5.74, 6) is 0.953. The molecule has 0 radical (unpaired) electrons. The van der Waals surface area contributed by atoms with Crippen LogP contribution >= 0.6 is 11.3 Å². The van der Waals surface area contributed by atoms with Gasteiger partial charge in [0, 0.05) is 37.5 Å². The molecule has 3 aliphatic rings. The highest BCUT2D eigenvalue weighted by atomic mass is 32.1. The Labute approximate surface area is 174 Å². The van der Waals surface area contributed by atoms with Crippen LogP contribution in [0.5, 0.6) is 5.19 Å². The maximum absolute atomic E-state index is 11.3. The summed E-state index contributed by atoms with van der Waals surface area (Å²) in [5, 5.41) is 4.12. The van der Waals surface area contributed by atoms with Crippen LogP contribution in [0.2, 0.25) is 5.31 Å². The molecule has 1 amide bonds. The predicted octanol–water partition coefficient (Wildman–Crippen LogP) is 2.80. The van der Waals surface area contributed by atoms with Crippen LogP contribution in [0, 0.1) is 11.3 Å². The normalized spacial score (nSPS) is 30.1. The SMILES string of the molecule is BC(C)(C)COc1nc2c(s1)CCN(C[C@H]1C[C@]13CC[C@@H](NC(C)=O)CC3)C2. The van der Waals surface area contributed by atoms with Crippen molar-refractivity contribution in [2.24, 2.45) is 11.3 Å². The van der Waals surface area contributed by atoms with Gasteiger partial charge in [-0.25, -0.2) is 4.98 Å². The minimum atomic E-state index is 0.117. The molecule has 1 atom stereocenters. The fourth-order valence-electron chi connectivity index (χ4n) is 4.96. The molecule has 2 heterocycles. The van der Waals surface area contributed by atoms with E-state index in [1.807, 2.05) is 0 Å². The molecule has 1 aromatic heterocycles. The largest absolute Gasteiger partial charge is 0.470 e. The van der Waals surface area contributed by atoms with Gasteiger partial charge in [0.05, 0.1) is 12.3 Å². The van der Waals surface area contributed by atoms with E-state index in [1.165, 1.54) is 36.4 Å². The molecule has 2 saturated carbocycles. The Kier molecular flexibility index (Phi) is 5.51. The Morgan fingerprint density at radius 1 is 1.43 bits per heavy atom. The summed E-state index contributed by atoms with van der Waals surface area (Å²) in [7, 11) is 2.19. The minimum absolute atomic E-state index is 0.117. The summed E-state index contributed by atoms with van der Waals surface area (Å²) >= 11 is 1.74. The first-order chi connectivity index (χ1) is 13.2. The van der Waals surface area contributed by atoms with Gasteiger partial charge in [0.2, 0.25) is 5.91 Å². The van der Waals surface area contributed by atoms with Crippen molar-refractivity contribution in [1.82, 2.24) is 15.2 Å². The van der Waals surface area contributed by atoms with Crippen LogP contribution in [0.25, 0.3) is 0 Å². The third kappa shape index (κ3) is 4.73. The van der Waals surface area contributed by atoms with E-state index >= 15 is 0 Å². The maximum Gasteiger partial charge on any atom is 0.273 e. The smallest absolute Gasteiger partial charge is 0.273 e. The van der Waals surface area contributed by atoms with Crippen LogP contribution in [-0.4, -0.2) is 49.4 Å². The maximum atomic E-state index is 11.3. The van der Waals surface area contributed by atoms with Crippen LogP contribution < -0.4 is 10.1 Å². The lowest BCUT2D eigenvalue weighted by Gasteiger charge is -2.31. The number of aromatic nitrogens is 1. The number of ether oxygens (including phenoxy) is 1. The van der Waals surface area contributed by atoms with Crippen molar-refractivity contribution in [3.63, 3.8) is 0 Å². The summed E-state index contributed by atoms with van der Waals surface area (Å²) in [6.45, 7) is 10.1. The third-order valence-electron chi connectivity index (χ3n) is 6.64. The average molecular weight is 403 g/mol. The Morgan fingerprint density at radius 2 is 2.18 bits per heavy atom. The number of hydrogen-bond acceptors (Lipinski definition) is 5. The zero-order valence-electron chi connectivity index (χ0n) is 17.8. The molecule has 7 heteroatoms. The van der Waals surface area contributed by atoms with Crippen molar-refractivity contribution < 1.29 is 9.53 Å². The van der Waals surface area contributed by atoms with Gasteiger partial charge in [-0.15, -0.1) is 0 Å². The minimum Gasteiger partial charge on any atom is -0.470 e. The Bertz CT molecular complexity index is 722. The van der Waals surface area contributed by atoms with Crippen molar-refractivity contribution >= 4 is 25.1 Å². The lowest BCUT2D eigenvalue weighted by molar-refractivity contribution is -0.119. The fraction of sp³-hybridized carbons (Fsp3) is 0.810. The van der Waals surface area contributed by atoms with Gasteiger partial charge in [0.25, 0.3) is 5.19 Å². The standard InChI is InChI=1S/C21H34BN3O2S/c1-14(26)23-16-4-7-21(8-5-16)10-15(21)11-25-9-6-18-17(12-25)24-19(28-18)27-13-20(2,3)22/h15-16H,4-13,22H2,1-3H3,(H,23,26)/t15-,16-,21-/m1/s1. The van der Waals surface area contributed by atoms with E-state index in [0.717, 1.165) is 43.5 Å². The molecule has 154 valence electrons. The van der Waals surface area contributed by atoms with E-state index in [9.17, 15) is 4.79 Å². The summed E-state index contributed by atoms with van der Waals surface area (Å²) in [6, 6.07) is 0.406. The number of rotatable bonds is 6. The van der Waals surface area contributed by atoms with E-state index in [1.54, 1.807) is 18.3 Å². The zero-order valence-corrected chi connectivity index (χ0v) is 18.7. The number of carbonyl (C=O) groups is 1. The van der Waals surface area contributed by atoms with E-state index in [2.05, 4.69) is 31.9 Å². The number of thiazole rings is 1. The summed E-state index contributed by atoms with van der Waals surface area (Å²) in [5.41, 5.74) is 1.81. The zero-order chi connectivity index (χ0) is 19.9. The van der Waals surface area contributed by atoms with Crippen LogP contribution in [-0.2, 0) is 17.8 Å². The first-order valence-electron chi connectivity index (χ1n) is 10.8. The van der Waals surface area contributed by atoms with Gasteiger partial charge in [-0.2, -0.15) is 0 Å². The predicted molar refractivity (Wildman–Crippen MR) is 116 cm³/mol. The van der Waals surface area contributed by atoms with Gasteiger partial charge in [-0.3, -0.25) is 9.69 Å². The molecule has 4 rings (SSSR count). The Balaban J connectivity index is 1.26. The van der Waals surface area contributed by atoms with Gasteiger partial charge in [-0.05, 0) is 55.2 Å². The Morgan fingerprint density at radius 3 is 2.86 bits per heavy atom. The third-order valence-corrected chi connectivity index (χ3v) is 7.71. The molecule has 0 aromatic carbocycles. The van der Waals surface area contributed by atoms with Crippen molar-refractivity contribution in [2.45, 2.75) is 77.2 Å². The number of carbonyl (C=O) groups excluding carboxylic acids is 1. The van der Waals surface area contributed by atoms with Gasteiger partial charge < -0.3 is 10.1 Å². The van der Waals surface area contributed by atoms with Crippen LogP contribution in [0.15, 0.2) is 0 Å². The van der Waals surface area contributed by atoms with Crippen LogP contribution in [0.4, 0.5) is 0 Å². The van der Waals surface area contributed by atoms with Gasteiger partial charge in [-0.1, -0.05) is 25.2 Å². The number of fused-ring (bicyclic) bond motifs is 1. The number of hydrogen-bond donors (Lipinski definition) is 1. The van der Waals surface area contributed by atoms with E-state index < -0.39 is 0 Å². The first kappa shape index (κ1) is 20.2. The molecular weight excluding hydrogens is 369 g/mol. The molecule has 1 aliphatic heterocycles. The van der Waals surface area contributed by atoms with E-state index in [-0.39, 0.29) is 11.2 Å². The lowest BCUT2D eigenvalue weighted by Crippen LogP contribution is -2.38. The molecule has 2 fully saturated rings. The van der Waals surface area contributed by atoms with Crippen LogP contribution in [0.1, 0.15) is 63.4 Å². The van der Waals surface area contributed by atoms with E-state index in [4.69, 9.17) is 9.72 Å². The van der Waals surface area contributed by atoms with E-state index in [0.29, 0.717) is 18.1 Å². The van der Waals surface area contributed by atoms with Gasteiger partial charge in [0.15, 0.2) is 0 Å². The second-order valence-corrected chi connectivity index (χ2v) is 11.5. The van der Waals surface area contributed by atoms with Gasteiger partial charge in [0.1, 0.15) is 7.85 Å². The van der Waals surface area contributed by atoms with Crippen LogP contribution in [0.3, 0.4) is 0 Å². The first-order valence-corrected chi connectivity index (χ1v) is 11.6. The molecule has 0 saturated heterocycles. The molecule has 1 aromatic rings. The molecule has 0 unspecified atom stereocenters. The number of nitrogens with zero attached hydrogens (tertiary/aromatic N) is 2. The van der Waals surface area contributed by atoms with Crippen molar-refractivity contribution in [3.8, 4) is 5.19 Å². The van der Waals surface area contributed by atoms with Crippen molar-refractivity contribution in [2.75, 3.05) is 19.7 Å². The second kappa shape index (κ2) is 7.64. The Hall–Kier alpha value is -1.08. The second-order valence-electron chi connectivity index (χ2n) is 10.4. The highest BCUT2D eigenvalue weighted by Gasteiger charge is 2.55. The van der Waals surface area contributed by atoms with Crippen molar-refractivity contribution in [3.05, 3.63) is 10.6 Å². The summed E-state index contributed by atoms with van der Waals surface area (Å²) in [4.78, 5) is 20.1. The summed E-state index contributed by atoms with van der Waals surface area (Å²) < 4.78 is 5.94. The molecule has 1 spiro atoms. The molecular formula is C21H34BN3O2S. The number of amides is 1. The molecule has 1 N–H and O–H groups in total. The van der Waals surface area contributed by atoms with Crippen molar-refractivity contribution in [1.29, 1.82) is 0 Å². The quantitative estimate of drug-likeness (QED) is 0.743. The molecule has 5 nitrogen and oxygen atoms in total. The fourth-order valence-corrected chi connectivity index (χ4v) is 5.87. The topological polar surface area (TPSA) is 54.5 Å².